The van der Waals surface area contributed by atoms with Crippen LogP contribution in [0.25, 0.3) is 0 Å². The monoisotopic (exact) mass is 343 g/mol. The molecule has 25 heavy (non-hydrogen) atoms. The van der Waals surface area contributed by atoms with Gasteiger partial charge in [0.25, 0.3) is 5.91 Å². The van der Waals surface area contributed by atoms with Crippen molar-refractivity contribution in [1.82, 2.24) is 14.7 Å². The predicted molar refractivity (Wildman–Crippen MR) is 94.7 cm³/mol. The zero-order valence-electron chi connectivity index (χ0n) is 15.2. The Labute approximate surface area is 148 Å². The molecule has 6 heteroatoms. The van der Waals surface area contributed by atoms with E-state index in [2.05, 4.69) is 11.2 Å². The van der Waals surface area contributed by atoms with E-state index >= 15 is 0 Å². The first-order valence-corrected chi connectivity index (χ1v) is 8.60. The molecule has 1 saturated heterocycles. The third-order valence-electron chi connectivity index (χ3n) is 4.13. The topological polar surface area (TPSA) is 56.6 Å². The van der Waals surface area contributed by atoms with E-state index in [0.29, 0.717) is 18.8 Å². The zero-order valence-corrected chi connectivity index (χ0v) is 15.2. The first kappa shape index (κ1) is 17.5. The number of morpholine rings is 1. The lowest BCUT2D eigenvalue weighted by Gasteiger charge is -2.34. The van der Waals surface area contributed by atoms with Crippen molar-refractivity contribution in [3.05, 3.63) is 47.3 Å². The molecule has 1 aromatic carbocycles. The molecular weight excluding hydrogens is 318 g/mol. The summed E-state index contributed by atoms with van der Waals surface area (Å²) in [6.45, 7) is 9.48. The van der Waals surface area contributed by atoms with E-state index in [-0.39, 0.29) is 24.8 Å². The number of benzene rings is 1. The molecule has 0 saturated carbocycles. The van der Waals surface area contributed by atoms with Crippen molar-refractivity contribution >= 4 is 5.91 Å². The average Bonchev–Trinajstić information content (AvgIpc) is 2.99. The van der Waals surface area contributed by atoms with Gasteiger partial charge in [0.15, 0.2) is 12.4 Å². The third kappa shape index (κ3) is 4.39. The van der Waals surface area contributed by atoms with Crippen molar-refractivity contribution in [2.24, 2.45) is 0 Å². The number of nitrogens with zero attached hydrogens (tertiary/aromatic N) is 3. The van der Waals surface area contributed by atoms with Crippen LogP contribution in [0.3, 0.4) is 0 Å². The maximum absolute atomic E-state index is 12.6. The minimum absolute atomic E-state index is 0.0441. The number of ether oxygens (including phenoxy) is 2. The fourth-order valence-corrected chi connectivity index (χ4v) is 3.21. The predicted octanol–water partition coefficient (Wildman–Crippen LogP) is 2.79. The molecule has 1 aromatic heterocycles. The van der Waals surface area contributed by atoms with E-state index < -0.39 is 0 Å². The number of rotatable bonds is 4. The second-order valence-electron chi connectivity index (χ2n) is 6.80. The standard InChI is InChI=1S/C19H25N3O3/c1-13-7-14(2)9-17(8-13)24-12-22-6-5-18(20-22)19(23)21-10-15(3)25-16(4)11-21/h5-9,15-16H,10-12H2,1-4H3/t15-,16-/m1/s1. The molecule has 2 aromatic rings. The molecule has 3 rings (SSSR count). The SMILES string of the molecule is Cc1cc(C)cc(OCn2ccc(C(=O)N3C[C@@H](C)O[C@H](C)C3)n2)c1. The lowest BCUT2D eigenvalue weighted by molar-refractivity contribution is -0.0587. The number of amides is 1. The van der Waals surface area contributed by atoms with Gasteiger partial charge in [0.1, 0.15) is 5.75 Å². The summed E-state index contributed by atoms with van der Waals surface area (Å²) < 4.78 is 13.1. The summed E-state index contributed by atoms with van der Waals surface area (Å²) >= 11 is 0. The second-order valence-corrected chi connectivity index (χ2v) is 6.80. The van der Waals surface area contributed by atoms with Crippen molar-refractivity contribution in [2.75, 3.05) is 13.1 Å². The van der Waals surface area contributed by atoms with Gasteiger partial charge in [-0.25, -0.2) is 4.68 Å². The van der Waals surface area contributed by atoms with Crippen molar-refractivity contribution < 1.29 is 14.3 Å². The van der Waals surface area contributed by atoms with Crippen LogP contribution < -0.4 is 4.74 Å². The fraction of sp³-hybridized carbons (Fsp3) is 0.474. The normalized spacial score (nSPS) is 20.6. The minimum Gasteiger partial charge on any atom is -0.471 e. The average molecular weight is 343 g/mol. The number of aryl methyl sites for hydroxylation is 2. The molecule has 0 bridgehead atoms. The Bertz CT molecular complexity index is 726. The first-order valence-electron chi connectivity index (χ1n) is 8.60. The maximum atomic E-state index is 12.6. The van der Waals surface area contributed by atoms with Crippen molar-refractivity contribution in [3.8, 4) is 5.75 Å². The molecule has 0 aliphatic carbocycles. The Balaban J connectivity index is 1.62. The highest BCUT2D eigenvalue weighted by Crippen LogP contribution is 2.17. The summed E-state index contributed by atoms with van der Waals surface area (Å²) in [6, 6.07) is 7.80. The largest absolute Gasteiger partial charge is 0.471 e. The van der Waals surface area contributed by atoms with Crippen LogP contribution >= 0.6 is 0 Å². The van der Waals surface area contributed by atoms with Gasteiger partial charge in [-0.2, -0.15) is 5.10 Å². The van der Waals surface area contributed by atoms with E-state index in [9.17, 15) is 4.79 Å². The number of carbonyl (C=O) groups excluding carboxylic acids is 1. The number of hydrogen-bond donors (Lipinski definition) is 0. The van der Waals surface area contributed by atoms with Gasteiger partial charge in [0, 0.05) is 19.3 Å². The van der Waals surface area contributed by atoms with Crippen LogP contribution in [-0.2, 0) is 11.5 Å². The van der Waals surface area contributed by atoms with Gasteiger partial charge in [0.05, 0.1) is 12.2 Å². The van der Waals surface area contributed by atoms with Crippen molar-refractivity contribution in [2.45, 2.75) is 46.6 Å². The summed E-state index contributed by atoms with van der Waals surface area (Å²) in [4.78, 5) is 14.4. The molecule has 0 unspecified atom stereocenters. The highest BCUT2D eigenvalue weighted by atomic mass is 16.5. The number of aromatic nitrogens is 2. The second kappa shape index (κ2) is 7.27. The highest BCUT2D eigenvalue weighted by molar-refractivity contribution is 5.92. The van der Waals surface area contributed by atoms with Gasteiger partial charge in [-0.15, -0.1) is 0 Å². The van der Waals surface area contributed by atoms with Crippen LogP contribution in [-0.4, -0.2) is 45.9 Å². The van der Waals surface area contributed by atoms with Crippen molar-refractivity contribution in [3.63, 3.8) is 0 Å². The molecule has 1 aliphatic heterocycles. The Morgan fingerprint density at radius 2 is 1.84 bits per heavy atom. The maximum Gasteiger partial charge on any atom is 0.274 e. The lowest BCUT2D eigenvalue weighted by atomic mass is 10.1. The van der Waals surface area contributed by atoms with E-state index in [1.165, 1.54) is 0 Å². The Morgan fingerprint density at radius 3 is 2.48 bits per heavy atom. The van der Waals surface area contributed by atoms with Crippen LogP contribution in [0.1, 0.15) is 35.5 Å². The van der Waals surface area contributed by atoms with Gasteiger partial charge in [-0.05, 0) is 57.0 Å². The summed E-state index contributed by atoms with van der Waals surface area (Å²) in [5.41, 5.74) is 2.74. The zero-order chi connectivity index (χ0) is 18.0. The molecular formula is C19H25N3O3. The van der Waals surface area contributed by atoms with Crippen LogP contribution in [0.15, 0.2) is 30.5 Å². The number of carbonyl (C=O) groups is 1. The molecule has 1 amide bonds. The van der Waals surface area contributed by atoms with Crippen LogP contribution in [0, 0.1) is 13.8 Å². The van der Waals surface area contributed by atoms with Gasteiger partial charge in [-0.3, -0.25) is 4.79 Å². The third-order valence-corrected chi connectivity index (χ3v) is 4.13. The smallest absolute Gasteiger partial charge is 0.274 e. The van der Waals surface area contributed by atoms with Crippen LogP contribution in [0.2, 0.25) is 0 Å². The molecule has 1 aliphatic rings. The van der Waals surface area contributed by atoms with E-state index in [4.69, 9.17) is 9.47 Å². The Morgan fingerprint density at radius 1 is 1.20 bits per heavy atom. The molecule has 2 atom stereocenters. The van der Waals surface area contributed by atoms with Gasteiger partial charge in [0.2, 0.25) is 0 Å². The Kier molecular flexibility index (Phi) is 5.08. The molecule has 1 fully saturated rings. The van der Waals surface area contributed by atoms with E-state index in [0.717, 1.165) is 16.9 Å². The summed E-state index contributed by atoms with van der Waals surface area (Å²) in [5, 5.41) is 4.36. The molecule has 0 radical (unpaired) electrons. The summed E-state index contributed by atoms with van der Waals surface area (Å²) in [6.07, 6.45) is 1.86. The van der Waals surface area contributed by atoms with Gasteiger partial charge >= 0.3 is 0 Å². The highest BCUT2D eigenvalue weighted by Gasteiger charge is 2.27. The first-order chi connectivity index (χ1) is 11.9. The minimum atomic E-state index is -0.0628. The molecule has 0 spiro atoms. The van der Waals surface area contributed by atoms with Gasteiger partial charge < -0.3 is 14.4 Å². The van der Waals surface area contributed by atoms with Crippen molar-refractivity contribution in [1.29, 1.82) is 0 Å². The van der Waals surface area contributed by atoms with Crippen LogP contribution in [0.4, 0.5) is 0 Å². The summed E-state index contributed by atoms with van der Waals surface area (Å²) in [5.74, 6) is 0.740. The van der Waals surface area contributed by atoms with E-state index in [1.807, 2.05) is 39.8 Å². The molecule has 0 N–H and O–H groups in total. The molecule has 2 heterocycles. The summed E-state index contributed by atoms with van der Waals surface area (Å²) in [7, 11) is 0. The lowest BCUT2D eigenvalue weighted by Crippen LogP contribution is -2.48. The van der Waals surface area contributed by atoms with Crippen LogP contribution in [0.5, 0.6) is 5.75 Å². The quantitative estimate of drug-likeness (QED) is 0.857. The molecule has 6 nitrogen and oxygen atoms in total. The van der Waals surface area contributed by atoms with E-state index in [1.54, 1.807) is 21.8 Å². The van der Waals surface area contributed by atoms with Gasteiger partial charge in [-0.1, -0.05) is 6.07 Å². The Hall–Kier alpha value is -2.34. The number of hydrogen-bond acceptors (Lipinski definition) is 4. The molecule has 134 valence electrons. The fourth-order valence-electron chi connectivity index (χ4n) is 3.21.